The van der Waals surface area contributed by atoms with Crippen LogP contribution in [0.5, 0.6) is 5.75 Å². The van der Waals surface area contributed by atoms with E-state index in [2.05, 4.69) is 15.0 Å². The number of rotatable bonds is 6. The summed E-state index contributed by atoms with van der Waals surface area (Å²) in [5.74, 6) is 0.341. The van der Waals surface area contributed by atoms with Crippen molar-refractivity contribution in [3.8, 4) is 5.75 Å². The highest BCUT2D eigenvalue weighted by molar-refractivity contribution is 6.01. The lowest BCUT2D eigenvalue weighted by Gasteiger charge is -2.29. The standard InChI is InChI=1S/C22H17F5N4O/c23-18(24)7-10-32-15-4-1-3-13(11-15)21(14-6-9-29-17(12-14)22(25,26)27)16-5-2-8-30-19(16)20(28)31-21/h1-6,8-9,11-12,18H,7,10H2,(H2,28,31). The molecule has 1 unspecified atom stereocenters. The van der Waals surface area contributed by atoms with Crippen molar-refractivity contribution in [2.24, 2.45) is 10.7 Å². The zero-order valence-corrected chi connectivity index (χ0v) is 16.5. The fraction of sp³-hybridized carbons (Fsp3) is 0.227. The zero-order chi connectivity index (χ0) is 22.9. The maximum atomic E-state index is 13.4. The highest BCUT2D eigenvalue weighted by atomic mass is 19.4. The van der Waals surface area contributed by atoms with Crippen LogP contribution in [0.4, 0.5) is 22.0 Å². The summed E-state index contributed by atoms with van der Waals surface area (Å²) < 4.78 is 70.6. The van der Waals surface area contributed by atoms with Gasteiger partial charge in [0.05, 0.1) is 6.61 Å². The Hall–Kier alpha value is -3.56. The summed E-state index contributed by atoms with van der Waals surface area (Å²) in [7, 11) is 0. The first-order valence-electron chi connectivity index (χ1n) is 9.58. The molecule has 1 aliphatic heterocycles. The average Bonchev–Trinajstić information content (AvgIpc) is 3.07. The molecule has 0 saturated carbocycles. The van der Waals surface area contributed by atoms with Gasteiger partial charge in [0.1, 0.15) is 28.5 Å². The quantitative estimate of drug-likeness (QED) is 0.562. The van der Waals surface area contributed by atoms with Crippen molar-refractivity contribution in [1.82, 2.24) is 9.97 Å². The highest BCUT2D eigenvalue weighted by Gasteiger charge is 2.45. The van der Waals surface area contributed by atoms with Crippen LogP contribution in [-0.2, 0) is 11.7 Å². The fourth-order valence-electron chi connectivity index (χ4n) is 3.69. The Labute approximate surface area is 179 Å². The van der Waals surface area contributed by atoms with Crippen LogP contribution in [0, 0.1) is 0 Å². The zero-order valence-electron chi connectivity index (χ0n) is 16.5. The number of ether oxygens (including phenoxy) is 1. The molecule has 0 bridgehead atoms. The number of aliphatic imine (C=N–C) groups is 1. The topological polar surface area (TPSA) is 73.4 Å². The molecule has 0 fully saturated rings. The summed E-state index contributed by atoms with van der Waals surface area (Å²) in [5.41, 5.74) is 5.04. The second-order valence-corrected chi connectivity index (χ2v) is 7.09. The molecule has 1 aliphatic rings. The number of halogens is 5. The van der Waals surface area contributed by atoms with Gasteiger partial charge in [0.25, 0.3) is 0 Å². The number of nitrogens with two attached hydrogens (primary N) is 1. The summed E-state index contributed by atoms with van der Waals surface area (Å²) >= 11 is 0. The normalized spacial score (nSPS) is 17.9. The second kappa shape index (κ2) is 8.18. The van der Waals surface area contributed by atoms with Crippen LogP contribution in [0.1, 0.15) is 34.5 Å². The van der Waals surface area contributed by atoms with E-state index < -0.39 is 30.3 Å². The molecule has 0 saturated heterocycles. The van der Waals surface area contributed by atoms with E-state index in [0.29, 0.717) is 16.8 Å². The van der Waals surface area contributed by atoms with Crippen LogP contribution in [0.25, 0.3) is 0 Å². The van der Waals surface area contributed by atoms with Crippen LogP contribution in [-0.4, -0.2) is 28.8 Å². The van der Waals surface area contributed by atoms with Crippen molar-refractivity contribution < 1.29 is 26.7 Å². The summed E-state index contributed by atoms with van der Waals surface area (Å²) in [6, 6.07) is 12.1. The Balaban J connectivity index is 1.89. The first-order chi connectivity index (χ1) is 15.2. The van der Waals surface area contributed by atoms with Gasteiger partial charge >= 0.3 is 6.18 Å². The third kappa shape index (κ3) is 3.88. The van der Waals surface area contributed by atoms with Gasteiger partial charge in [0, 0.05) is 24.4 Å². The van der Waals surface area contributed by atoms with Gasteiger partial charge in [-0.15, -0.1) is 0 Å². The predicted molar refractivity (Wildman–Crippen MR) is 107 cm³/mol. The van der Waals surface area contributed by atoms with Gasteiger partial charge in [-0.25, -0.2) is 13.8 Å². The molecule has 3 heterocycles. The molecule has 32 heavy (non-hydrogen) atoms. The van der Waals surface area contributed by atoms with Gasteiger partial charge in [-0.1, -0.05) is 18.2 Å². The van der Waals surface area contributed by atoms with Crippen molar-refractivity contribution in [2.75, 3.05) is 6.61 Å². The number of hydrogen-bond donors (Lipinski definition) is 1. The minimum atomic E-state index is -4.66. The summed E-state index contributed by atoms with van der Waals surface area (Å²) in [6.45, 7) is -0.217. The molecule has 4 rings (SSSR count). The number of hydrogen-bond acceptors (Lipinski definition) is 5. The van der Waals surface area contributed by atoms with Gasteiger partial charge in [0.15, 0.2) is 0 Å². The van der Waals surface area contributed by atoms with Crippen molar-refractivity contribution in [2.45, 2.75) is 24.6 Å². The average molecular weight is 448 g/mol. The van der Waals surface area contributed by atoms with E-state index >= 15 is 0 Å². The lowest BCUT2D eigenvalue weighted by molar-refractivity contribution is -0.141. The predicted octanol–water partition coefficient (Wildman–Crippen LogP) is 4.54. The van der Waals surface area contributed by atoms with Gasteiger partial charge in [-0.05, 0) is 41.5 Å². The SMILES string of the molecule is NC1=NC(c2cccc(OCCC(F)F)c2)(c2ccnc(C(F)(F)F)c2)c2cccnc21. The Bertz CT molecular complexity index is 1160. The first-order valence-corrected chi connectivity index (χ1v) is 9.58. The highest BCUT2D eigenvalue weighted by Crippen LogP contribution is 2.46. The van der Waals surface area contributed by atoms with E-state index in [9.17, 15) is 22.0 Å². The smallest absolute Gasteiger partial charge is 0.433 e. The minimum Gasteiger partial charge on any atom is -0.493 e. The molecule has 10 heteroatoms. The van der Waals surface area contributed by atoms with Crippen molar-refractivity contribution in [1.29, 1.82) is 0 Å². The lowest BCUT2D eigenvalue weighted by Crippen LogP contribution is -2.26. The largest absolute Gasteiger partial charge is 0.493 e. The second-order valence-electron chi connectivity index (χ2n) is 7.09. The van der Waals surface area contributed by atoms with Crippen molar-refractivity contribution in [3.05, 3.63) is 89.0 Å². The molecule has 166 valence electrons. The number of alkyl halides is 5. The van der Waals surface area contributed by atoms with E-state index in [-0.39, 0.29) is 23.8 Å². The van der Waals surface area contributed by atoms with Crippen LogP contribution in [0.2, 0.25) is 0 Å². The number of pyridine rings is 2. The summed E-state index contributed by atoms with van der Waals surface area (Å²) in [6.07, 6.45) is -5.06. The lowest BCUT2D eigenvalue weighted by atomic mass is 9.78. The molecule has 0 radical (unpaired) electrons. The molecule has 2 aromatic heterocycles. The van der Waals surface area contributed by atoms with Crippen LogP contribution >= 0.6 is 0 Å². The number of benzene rings is 1. The Morgan fingerprint density at radius 1 is 0.969 bits per heavy atom. The molecule has 0 aliphatic carbocycles. The fourth-order valence-corrected chi connectivity index (χ4v) is 3.69. The Kier molecular flexibility index (Phi) is 5.53. The third-order valence-corrected chi connectivity index (χ3v) is 5.05. The van der Waals surface area contributed by atoms with Crippen LogP contribution in [0.3, 0.4) is 0 Å². The molecule has 1 atom stereocenters. The first kappa shape index (κ1) is 21.7. The molecule has 1 aromatic carbocycles. The van der Waals surface area contributed by atoms with E-state index in [4.69, 9.17) is 10.5 Å². The van der Waals surface area contributed by atoms with Gasteiger partial charge in [-0.2, -0.15) is 13.2 Å². The third-order valence-electron chi connectivity index (χ3n) is 5.05. The number of amidine groups is 1. The minimum absolute atomic E-state index is 0.0648. The molecule has 5 nitrogen and oxygen atoms in total. The Morgan fingerprint density at radius 2 is 1.75 bits per heavy atom. The van der Waals surface area contributed by atoms with Crippen LogP contribution in [0.15, 0.2) is 65.9 Å². The number of fused-ring (bicyclic) bond motifs is 1. The van der Waals surface area contributed by atoms with Gasteiger partial charge in [0.2, 0.25) is 6.43 Å². The van der Waals surface area contributed by atoms with Gasteiger partial charge < -0.3 is 10.5 Å². The van der Waals surface area contributed by atoms with E-state index in [1.807, 2.05) is 0 Å². The monoisotopic (exact) mass is 448 g/mol. The number of nitrogens with zero attached hydrogens (tertiary/aromatic N) is 3. The molecule has 3 aromatic rings. The molecule has 2 N–H and O–H groups in total. The Morgan fingerprint density at radius 3 is 2.50 bits per heavy atom. The maximum Gasteiger partial charge on any atom is 0.433 e. The van der Waals surface area contributed by atoms with E-state index in [1.165, 1.54) is 12.3 Å². The molecule has 0 spiro atoms. The molecule has 0 amide bonds. The maximum absolute atomic E-state index is 13.4. The molecular formula is C22H17F5N4O. The van der Waals surface area contributed by atoms with E-state index in [1.54, 1.807) is 36.4 Å². The van der Waals surface area contributed by atoms with Crippen molar-refractivity contribution in [3.63, 3.8) is 0 Å². The van der Waals surface area contributed by atoms with E-state index in [0.717, 1.165) is 12.3 Å². The molecular weight excluding hydrogens is 431 g/mol. The van der Waals surface area contributed by atoms with Crippen LogP contribution < -0.4 is 10.5 Å². The summed E-state index contributed by atoms with van der Waals surface area (Å²) in [4.78, 5) is 12.2. The van der Waals surface area contributed by atoms with Crippen molar-refractivity contribution >= 4 is 5.84 Å². The number of aromatic nitrogens is 2. The van der Waals surface area contributed by atoms with Gasteiger partial charge in [-0.3, -0.25) is 9.97 Å². The summed E-state index contributed by atoms with van der Waals surface area (Å²) in [5, 5.41) is 0.